The normalized spacial score (nSPS) is 27.7. The molecule has 3 aliphatic rings. The number of benzene rings is 1. The van der Waals surface area contributed by atoms with Crippen LogP contribution < -0.4 is 15.4 Å². The summed E-state index contributed by atoms with van der Waals surface area (Å²) < 4.78 is 20.5. The molecule has 8 heteroatoms. The Morgan fingerprint density at radius 3 is 2.78 bits per heavy atom. The molecule has 0 bridgehead atoms. The van der Waals surface area contributed by atoms with Crippen LogP contribution in [0.3, 0.4) is 0 Å². The summed E-state index contributed by atoms with van der Waals surface area (Å²) >= 11 is 0. The molecule has 0 spiro atoms. The molecule has 27 heavy (non-hydrogen) atoms. The quantitative estimate of drug-likeness (QED) is 0.770. The Labute approximate surface area is 156 Å². The van der Waals surface area contributed by atoms with Gasteiger partial charge in [-0.2, -0.15) is 0 Å². The molecule has 144 valence electrons. The predicted molar refractivity (Wildman–Crippen MR) is 93.6 cm³/mol. The summed E-state index contributed by atoms with van der Waals surface area (Å²) in [7, 11) is 1.86. The van der Waals surface area contributed by atoms with Crippen LogP contribution in [0.25, 0.3) is 0 Å². The van der Waals surface area contributed by atoms with Crippen molar-refractivity contribution in [2.24, 2.45) is 0 Å². The Bertz CT molecular complexity index is 812. The van der Waals surface area contributed by atoms with Crippen LogP contribution in [0.5, 0.6) is 5.75 Å². The summed E-state index contributed by atoms with van der Waals surface area (Å²) in [6, 6.07) is 2.24. The SMILES string of the molecule is CN[C@H]1CCC[C@@H]1Oc1cc2c(cc1F)C(=O)N(C1CCC(=O)NC1=O)C2. The fourth-order valence-electron chi connectivity index (χ4n) is 4.22. The lowest BCUT2D eigenvalue weighted by molar-refractivity contribution is -0.136. The van der Waals surface area contributed by atoms with Crippen LogP contribution in [0.15, 0.2) is 12.1 Å². The van der Waals surface area contributed by atoms with Crippen LogP contribution in [-0.4, -0.2) is 47.9 Å². The van der Waals surface area contributed by atoms with Crippen molar-refractivity contribution >= 4 is 17.7 Å². The standard InChI is InChI=1S/C19H22FN3O4/c1-21-13-3-2-4-15(13)27-16-7-10-9-23(19(26)11(10)8-12(16)20)14-5-6-17(24)22-18(14)25/h7-8,13-15,21H,2-6,9H2,1H3,(H,22,24,25)/t13-,14?,15-/m0/s1. The van der Waals surface area contributed by atoms with Crippen molar-refractivity contribution in [2.45, 2.75) is 56.8 Å². The van der Waals surface area contributed by atoms with Gasteiger partial charge in [-0.15, -0.1) is 0 Å². The molecule has 2 fully saturated rings. The summed E-state index contributed by atoms with van der Waals surface area (Å²) in [5.41, 5.74) is 0.890. The number of hydrogen-bond acceptors (Lipinski definition) is 5. The molecule has 2 heterocycles. The highest BCUT2D eigenvalue weighted by Gasteiger charge is 2.40. The van der Waals surface area contributed by atoms with Gasteiger partial charge in [-0.1, -0.05) is 0 Å². The van der Waals surface area contributed by atoms with Crippen LogP contribution in [0.1, 0.15) is 48.0 Å². The smallest absolute Gasteiger partial charge is 0.255 e. The fourth-order valence-corrected chi connectivity index (χ4v) is 4.22. The minimum absolute atomic E-state index is 0.106. The maximum absolute atomic E-state index is 14.6. The molecular formula is C19H22FN3O4. The van der Waals surface area contributed by atoms with Crippen molar-refractivity contribution < 1.29 is 23.5 Å². The first-order chi connectivity index (χ1) is 13.0. The zero-order valence-corrected chi connectivity index (χ0v) is 15.1. The van der Waals surface area contributed by atoms with Gasteiger partial charge in [-0.05, 0) is 50.4 Å². The van der Waals surface area contributed by atoms with Gasteiger partial charge >= 0.3 is 0 Å². The first kappa shape index (κ1) is 17.9. The number of fused-ring (bicyclic) bond motifs is 1. The molecule has 1 aromatic rings. The number of amides is 3. The Hall–Kier alpha value is -2.48. The zero-order valence-electron chi connectivity index (χ0n) is 15.1. The second-order valence-corrected chi connectivity index (χ2v) is 7.32. The third-order valence-corrected chi connectivity index (χ3v) is 5.68. The first-order valence-electron chi connectivity index (χ1n) is 9.29. The zero-order chi connectivity index (χ0) is 19.1. The highest BCUT2D eigenvalue weighted by molar-refractivity contribution is 6.05. The number of imide groups is 1. The summed E-state index contributed by atoms with van der Waals surface area (Å²) in [6.45, 7) is 0.206. The average Bonchev–Trinajstić information content (AvgIpc) is 3.20. The number of ether oxygens (including phenoxy) is 1. The molecule has 3 atom stereocenters. The third-order valence-electron chi connectivity index (χ3n) is 5.68. The highest BCUT2D eigenvalue weighted by Crippen LogP contribution is 2.34. The van der Waals surface area contributed by atoms with Crippen molar-refractivity contribution in [3.8, 4) is 5.75 Å². The molecule has 3 amide bonds. The number of nitrogens with zero attached hydrogens (tertiary/aromatic N) is 1. The molecule has 2 N–H and O–H groups in total. The summed E-state index contributed by atoms with van der Waals surface area (Å²) in [5.74, 6) is -1.64. The Kier molecular flexibility index (Phi) is 4.59. The van der Waals surface area contributed by atoms with E-state index < -0.39 is 17.8 Å². The van der Waals surface area contributed by atoms with E-state index in [-0.39, 0.29) is 54.7 Å². The van der Waals surface area contributed by atoms with Gasteiger partial charge in [0, 0.05) is 24.6 Å². The van der Waals surface area contributed by atoms with E-state index in [1.807, 2.05) is 7.05 Å². The number of carbonyl (C=O) groups excluding carboxylic acids is 3. The van der Waals surface area contributed by atoms with Gasteiger partial charge in [-0.25, -0.2) is 4.39 Å². The van der Waals surface area contributed by atoms with Crippen molar-refractivity contribution in [3.05, 3.63) is 29.1 Å². The second kappa shape index (κ2) is 6.92. The van der Waals surface area contributed by atoms with E-state index in [4.69, 9.17) is 4.74 Å². The van der Waals surface area contributed by atoms with Gasteiger partial charge in [-0.3, -0.25) is 19.7 Å². The first-order valence-corrected chi connectivity index (χ1v) is 9.29. The largest absolute Gasteiger partial charge is 0.486 e. The van der Waals surface area contributed by atoms with Gasteiger partial charge < -0.3 is 15.0 Å². The van der Waals surface area contributed by atoms with Crippen molar-refractivity contribution in [3.63, 3.8) is 0 Å². The van der Waals surface area contributed by atoms with Gasteiger partial charge in [0.25, 0.3) is 5.91 Å². The number of nitrogens with one attached hydrogen (secondary N) is 2. The van der Waals surface area contributed by atoms with Crippen molar-refractivity contribution in [1.29, 1.82) is 0 Å². The second-order valence-electron chi connectivity index (χ2n) is 7.32. The number of halogens is 1. The molecule has 2 aliphatic heterocycles. The van der Waals surface area contributed by atoms with Gasteiger partial charge in [0.2, 0.25) is 11.8 Å². The number of carbonyl (C=O) groups is 3. The molecule has 0 aromatic heterocycles. The van der Waals surface area contributed by atoms with Crippen LogP contribution >= 0.6 is 0 Å². The minimum Gasteiger partial charge on any atom is -0.486 e. The van der Waals surface area contributed by atoms with E-state index in [1.165, 1.54) is 11.0 Å². The number of likely N-dealkylation sites (N-methyl/N-ethyl adjacent to an activating group) is 1. The molecule has 1 unspecified atom stereocenters. The fraction of sp³-hybridized carbons (Fsp3) is 0.526. The van der Waals surface area contributed by atoms with E-state index in [2.05, 4.69) is 10.6 Å². The molecule has 7 nitrogen and oxygen atoms in total. The molecule has 1 aliphatic carbocycles. The van der Waals surface area contributed by atoms with Gasteiger partial charge in [0.15, 0.2) is 11.6 Å². The van der Waals surface area contributed by atoms with Gasteiger partial charge in [0.05, 0.1) is 0 Å². The Balaban J connectivity index is 1.55. The summed E-state index contributed by atoms with van der Waals surface area (Å²) in [6.07, 6.45) is 3.21. The third kappa shape index (κ3) is 3.18. The molecule has 0 radical (unpaired) electrons. The number of rotatable bonds is 4. The van der Waals surface area contributed by atoms with E-state index >= 15 is 0 Å². The Morgan fingerprint density at radius 1 is 1.22 bits per heavy atom. The van der Waals surface area contributed by atoms with Crippen LogP contribution in [0.4, 0.5) is 4.39 Å². The van der Waals surface area contributed by atoms with Crippen LogP contribution in [-0.2, 0) is 16.1 Å². The maximum atomic E-state index is 14.6. The van der Waals surface area contributed by atoms with Crippen molar-refractivity contribution in [2.75, 3.05) is 7.05 Å². The molecular weight excluding hydrogens is 353 g/mol. The monoisotopic (exact) mass is 375 g/mol. The highest BCUT2D eigenvalue weighted by atomic mass is 19.1. The lowest BCUT2D eigenvalue weighted by Gasteiger charge is -2.29. The molecule has 4 rings (SSSR count). The van der Waals surface area contributed by atoms with E-state index in [0.717, 1.165) is 19.3 Å². The minimum atomic E-state index is -0.710. The van der Waals surface area contributed by atoms with Crippen molar-refractivity contribution in [1.82, 2.24) is 15.5 Å². The van der Waals surface area contributed by atoms with Gasteiger partial charge in [0.1, 0.15) is 12.1 Å². The van der Waals surface area contributed by atoms with E-state index in [9.17, 15) is 18.8 Å². The molecule has 1 aromatic carbocycles. The topological polar surface area (TPSA) is 87.7 Å². The lowest BCUT2D eigenvalue weighted by Crippen LogP contribution is -2.52. The average molecular weight is 375 g/mol. The van der Waals surface area contributed by atoms with Crippen LogP contribution in [0.2, 0.25) is 0 Å². The lowest BCUT2D eigenvalue weighted by atomic mass is 10.0. The number of hydrogen-bond donors (Lipinski definition) is 2. The van der Waals surface area contributed by atoms with Crippen LogP contribution in [0, 0.1) is 5.82 Å². The Morgan fingerprint density at radius 2 is 2.04 bits per heavy atom. The maximum Gasteiger partial charge on any atom is 0.255 e. The predicted octanol–water partition coefficient (Wildman–Crippen LogP) is 1.11. The summed E-state index contributed by atoms with van der Waals surface area (Å²) in [4.78, 5) is 37.5. The van der Waals surface area contributed by atoms with E-state index in [1.54, 1.807) is 6.07 Å². The number of piperidine rings is 1. The molecule has 1 saturated heterocycles. The molecule has 1 saturated carbocycles. The van der Waals surface area contributed by atoms with E-state index in [0.29, 0.717) is 5.56 Å². The summed E-state index contributed by atoms with van der Waals surface area (Å²) in [5, 5.41) is 5.45.